The van der Waals surface area contributed by atoms with Gasteiger partial charge < -0.3 is 15.8 Å². The number of nitrogens with one attached hydrogen (secondary N) is 1. The molecule has 1 amide bonds. The third kappa shape index (κ3) is 5.83. The second kappa shape index (κ2) is 8.25. The monoisotopic (exact) mass is 279 g/mol. The third-order valence-electron chi connectivity index (χ3n) is 1.92. The topological polar surface area (TPSA) is 77.2 Å². The Hall–Kier alpha value is -0.880. The van der Waals surface area contributed by atoms with E-state index < -0.39 is 6.04 Å². The van der Waals surface area contributed by atoms with Gasteiger partial charge in [-0.25, -0.2) is 0 Å². The van der Waals surface area contributed by atoms with Gasteiger partial charge in [-0.2, -0.15) is 0 Å². The van der Waals surface area contributed by atoms with Crippen LogP contribution in [-0.4, -0.2) is 30.6 Å². The molecular formula is C10H15Cl2N3O2. The van der Waals surface area contributed by atoms with Gasteiger partial charge in [-0.1, -0.05) is 11.6 Å². The largest absolute Gasteiger partial charge is 0.383 e. The molecule has 1 aromatic heterocycles. The van der Waals surface area contributed by atoms with Gasteiger partial charge in [0.1, 0.15) is 6.04 Å². The molecular weight excluding hydrogens is 265 g/mol. The molecule has 0 saturated heterocycles. The van der Waals surface area contributed by atoms with E-state index in [1.807, 2.05) is 0 Å². The van der Waals surface area contributed by atoms with Gasteiger partial charge in [0.15, 0.2) is 0 Å². The van der Waals surface area contributed by atoms with Crippen molar-refractivity contribution in [3.63, 3.8) is 0 Å². The predicted molar refractivity (Wildman–Crippen MR) is 68.2 cm³/mol. The zero-order valence-corrected chi connectivity index (χ0v) is 10.9. The minimum atomic E-state index is -0.655. The molecule has 1 atom stereocenters. The quantitative estimate of drug-likeness (QED) is 0.834. The average Bonchev–Trinajstić information content (AvgIpc) is 2.28. The summed E-state index contributed by atoms with van der Waals surface area (Å²) in [5.41, 5.74) is 6.26. The van der Waals surface area contributed by atoms with Crippen LogP contribution >= 0.6 is 24.0 Å². The average molecular weight is 280 g/mol. The molecule has 0 spiro atoms. The summed E-state index contributed by atoms with van der Waals surface area (Å²) in [6.07, 6.45) is 1.53. The maximum atomic E-state index is 11.4. The number of amides is 1. The molecule has 0 aliphatic rings. The molecule has 5 nitrogen and oxygen atoms in total. The first kappa shape index (κ1) is 16.1. The molecule has 17 heavy (non-hydrogen) atoms. The zero-order valence-electron chi connectivity index (χ0n) is 9.35. The standard InChI is InChI=1S/C10H14ClN3O2.ClH/c1-16-6-9(12)10(15)14-5-8-3-2-7(11)4-13-8;/h2-4,9H,5-6,12H2,1H3,(H,14,15);1H. The number of pyridine rings is 1. The number of hydrogen-bond donors (Lipinski definition) is 2. The van der Waals surface area contributed by atoms with Gasteiger partial charge in [-0.3, -0.25) is 9.78 Å². The van der Waals surface area contributed by atoms with Gasteiger partial charge in [0.05, 0.1) is 23.9 Å². The molecule has 0 aromatic carbocycles. The Morgan fingerprint density at radius 1 is 1.65 bits per heavy atom. The number of aromatic nitrogens is 1. The van der Waals surface area contributed by atoms with Crippen LogP contribution in [0.2, 0.25) is 5.02 Å². The molecule has 96 valence electrons. The molecule has 0 fully saturated rings. The molecule has 0 radical (unpaired) electrons. The molecule has 1 unspecified atom stereocenters. The van der Waals surface area contributed by atoms with Crippen molar-refractivity contribution in [1.82, 2.24) is 10.3 Å². The molecule has 0 saturated carbocycles. The van der Waals surface area contributed by atoms with Crippen LogP contribution in [0.15, 0.2) is 18.3 Å². The van der Waals surface area contributed by atoms with Crippen molar-refractivity contribution in [2.24, 2.45) is 5.73 Å². The number of halogens is 2. The van der Waals surface area contributed by atoms with Crippen LogP contribution in [0.3, 0.4) is 0 Å². The number of hydrogen-bond acceptors (Lipinski definition) is 4. The molecule has 1 rings (SSSR count). The second-order valence-electron chi connectivity index (χ2n) is 3.25. The van der Waals surface area contributed by atoms with Gasteiger partial charge in [0.2, 0.25) is 5.91 Å². The molecule has 3 N–H and O–H groups in total. The first-order valence-corrected chi connectivity index (χ1v) is 5.14. The molecule has 0 aliphatic heterocycles. The Bertz CT molecular complexity index is 346. The van der Waals surface area contributed by atoms with E-state index in [0.29, 0.717) is 11.6 Å². The fourth-order valence-corrected chi connectivity index (χ4v) is 1.19. The van der Waals surface area contributed by atoms with Crippen molar-refractivity contribution in [3.8, 4) is 0 Å². The summed E-state index contributed by atoms with van der Waals surface area (Å²) in [7, 11) is 1.49. The van der Waals surface area contributed by atoms with Crippen LogP contribution in [-0.2, 0) is 16.1 Å². The van der Waals surface area contributed by atoms with E-state index in [9.17, 15) is 4.79 Å². The molecule has 0 bridgehead atoms. The first-order valence-electron chi connectivity index (χ1n) is 4.76. The number of nitrogens with zero attached hydrogens (tertiary/aromatic N) is 1. The van der Waals surface area contributed by atoms with E-state index >= 15 is 0 Å². The fourth-order valence-electron chi connectivity index (χ4n) is 1.08. The summed E-state index contributed by atoms with van der Waals surface area (Å²) in [6, 6.07) is 2.80. The van der Waals surface area contributed by atoms with E-state index in [2.05, 4.69) is 10.3 Å². The Balaban J connectivity index is 0.00000256. The summed E-state index contributed by atoms with van der Waals surface area (Å²) >= 11 is 5.68. The summed E-state index contributed by atoms with van der Waals surface area (Å²) in [5.74, 6) is -0.265. The lowest BCUT2D eigenvalue weighted by Gasteiger charge is -2.10. The van der Waals surface area contributed by atoms with Crippen LogP contribution in [0.5, 0.6) is 0 Å². The number of ether oxygens (including phenoxy) is 1. The molecule has 1 aromatic rings. The third-order valence-corrected chi connectivity index (χ3v) is 2.14. The van der Waals surface area contributed by atoms with Crippen LogP contribution < -0.4 is 11.1 Å². The zero-order chi connectivity index (χ0) is 12.0. The summed E-state index contributed by atoms with van der Waals surface area (Å²) in [6.45, 7) is 0.521. The molecule has 0 aliphatic carbocycles. The maximum Gasteiger partial charge on any atom is 0.239 e. The highest BCUT2D eigenvalue weighted by Gasteiger charge is 2.12. The number of carbonyl (C=O) groups is 1. The highest BCUT2D eigenvalue weighted by Crippen LogP contribution is 2.05. The Labute approximate surface area is 111 Å². The number of nitrogens with two attached hydrogens (primary N) is 1. The van der Waals surface area contributed by atoms with E-state index in [4.69, 9.17) is 22.1 Å². The SMILES string of the molecule is COCC(N)C(=O)NCc1ccc(Cl)cn1.Cl. The first-order chi connectivity index (χ1) is 7.63. The van der Waals surface area contributed by atoms with Gasteiger partial charge in [-0.15, -0.1) is 12.4 Å². The van der Waals surface area contributed by atoms with Gasteiger partial charge in [-0.05, 0) is 12.1 Å². The lowest BCUT2D eigenvalue weighted by Crippen LogP contribution is -2.43. The Kier molecular flexibility index (Phi) is 7.82. The van der Waals surface area contributed by atoms with Crippen molar-refractivity contribution in [3.05, 3.63) is 29.0 Å². The van der Waals surface area contributed by atoms with E-state index in [1.165, 1.54) is 13.3 Å². The van der Waals surface area contributed by atoms with E-state index in [1.54, 1.807) is 12.1 Å². The Morgan fingerprint density at radius 2 is 2.35 bits per heavy atom. The number of carbonyl (C=O) groups excluding carboxylic acids is 1. The summed E-state index contributed by atoms with van der Waals surface area (Å²) in [5, 5.41) is 3.21. The lowest BCUT2D eigenvalue weighted by atomic mass is 10.3. The van der Waals surface area contributed by atoms with Crippen LogP contribution in [0.25, 0.3) is 0 Å². The summed E-state index contributed by atoms with van der Waals surface area (Å²) in [4.78, 5) is 15.4. The van der Waals surface area contributed by atoms with Crippen LogP contribution in [0.4, 0.5) is 0 Å². The van der Waals surface area contributed by atoms with Crippen LogP contribution in [0, 0.1) is 0 Å². The van der Waals surface area contributed by atoms with Gasteiger partial charge in [0, 0.05) is 13.3 Å². The van der Waals surface area contributed by atoms with Crippen LogP contribution in [0.1, 0.15) is 5.69 Å². The normalized spacial score (nSPS) is 11.5. The number of rotatable bonds is 5. The molecule has 7 heteroatoms. The van der Waals surface area contributed by atoms with Gasteiger partial charge >= 0.3 is 0 Å². The predicted octanol–water partition coefficient (Wildman–Crippen LogP) is 0.747. The lowest BCUT2D eigenvalue weighted by molar-refractivity contribution is -0.123. The minimum Gasteiger partial charge on any atom is -0.383 e. The van der Waals surface area contributed by atoms with Crippen molar-refractivity contribution in [2.75, 3.05) is 13.7 Å². The number of methoxy groups -OCH3 is 1. The van der Waals surface area contributed by atoms with Crippen molar-refractivity contribution in [2.45, 2.75) is 12.6 Å². The van der Waals surface area contributed by atoms with E-state index in [0.717, 1.165) is 5.69 Å². The second-order valence-corrected chi connectivity index (χ2v) is 3.68. The smallest absolute Gasteiger partial charge is 0.239 e. The van der Waals surface area contributed by atoms with Crippen molar-refractivity contribution >= 4 is 29.9 Å². The highest BCUT2D eigenvalue weighted by atomic mass is 35.5. The van der Waals surface area contributed by atoms with Crippen molar-refractivity contribution < 1.29 is 9.53 Å². The fraction of sp³-hybridized carbons (Fsp3) is 0.400. The van der Waals surface area contributed by atoms with E-state index in [-0.39, 0.29) is 24.9 Å². The highest BCUT2D eigenvalue weighted by molar-refractivity contribution is 6.30. The summed E-state index contributed by atoms with van der Waals surface area (Å²) < 4.78 is 4.77. The maximum absolute atomic E-state index is 11.4. The van der Waals surface area contributed by atoms with Gasteiger partial charge in [0.25, 0.3) is 0 Å². The molecule has 1 heterocycles. The minimum absolute atomic E-state index is 0. The van der Waals surface area contributed by atoms with Crippen molar-refractivity contribution in [1.29, 1.82) is 0 Å². The Morgan fingerprint density at radius 3 is 2.88 bits per heavy atom.